The lowest BCUT2D eigenvalue weighted by molar-refractivity contribution is 0.0927. The zero-order valence-electron chi connectivity index (χ0n) is 18.4. The van der Waals surface area contributed by atoms with E-state index in [1.807, 2.05) is 4.68 Å². The summed E-state index contributed by atoms with van der Waals surface area (Å²) in [5.74, 6) is -0.00533. The van der Waals surface area contributed by atoms with Gasteiger partial charge in [0.05, 0.1) is 34.2 Å². The van der Waals surface area contributed by atoms with E-state index in [1.54, 1.807) is 6.20 Å². The van der Waals surface area contributed by atoms with Crippen LogP contribution in [0.2, 0.25) is 0 Å². The molecule has 2 N–H and O–H groups in total. The van der Waals surface area contributed by atoms with Gasteiger partial charge in [-0.25, -0.2) is 0 Å². The first-order valence-electron chi connectivity index (χ1n) is 10.8. The molecule has 2 aromatic heterocycles. The molecule has 0 saturated carbocycles. The normalized spacial score (nSPS) is 20.4. The smallest absolute Gasteiger partial charge is 0.254 e. The summed E-state index contributed by atoms with van der Waals surface area (Å²) in [5.41, 5.74) is 3.98. The van der Waals surface area contributed by atoms with Gasteiger partial charge in [-0.15, -0.1) is 0 Å². The second-order valence-electron chi connectivity index (χ2n) is 10.1. The summed E-state index contributed by atoms with van der Waals surface area (Å²) in [6.45, 7) is 12.8. The van der Waals surface area contributed by atoms with E-state index in [9.17, 15) is 4.79 Å². The summed E-state index contributed by atoms with van der Waals surface area (Å²) in [7, 11) is 0. The molecule has 1 unspecified atom stereocenters. The lowest BCUT2D eigenvalue weighted by Gasteiger charge is -2.30. The van der Waals surface area contributed by atoms with Gasteiger partial charge in [-0.2, -0.15) is 10.2 Å². The second kappa shape index (κ2) is 7.27. The Labute approximate surface area is 173 Å². The largest absolute Gasteiger partial charge is 0.349 e. The molecule has 0 spiro atoms. The summed E-state index contributed by atoms with van der Waals surface area (Å²) in [4.78, 5) is 12.9. The molecule has 1 amide bonds. The van der Waals surface area contributed by atoms with Crippen LogP contribution in [-0.2, 0) is 30.5 Å². The van der Waals surface area contributed by atoms with Crippen LogP contribution in [0.5, 0.6) is 0 Å². The van der Waals surface area contributed by atoms with Gasteiger partial charge in [-0.3, -0.25) is 14.2 Å². The number of aryl methyl sites for hydroxylation is 1. The molecule has 2 aliphatic rings. The highest BCUT2D eigenvalue weighted by molar-refractivity contribution is 5.95. The maximum absolute atomic E-state index is 12.9. The third-order valence-electron chi connectivity index (χ3n) is 6.14. The highest BCUT2D eigenvalue weighted by atomic mass is 16.1. The lowest BCUT2D eigenvalue weighted by atomic mass is 9.92. The van der Waals surface area contributed by atoms with Crippen molar-refractivity contribution in [1.82, 2.24) is 30.2 Å². The zero-order valence-corrected chi connectivity index (χ0v) is 18.4. The standard InChI is InChI=1S/C22H34N6O/c1-21(2,3)28-19-9-8-16(25-20(29)17(19)13-24-28)11-22(4,5)27-14-15-12-23-10-6-7-18(15)26-27/h13-14,16,23H,6-12H2,1-5H3,(H,25,29). The Morgan fingerprint density at radius 3 is 2.76 bits per heavy atom. The van der Waals surface area contributed by atoms with Crippen molar-refractivity contribution in [3.63, 3.8) is 0 Å². The molecule has 29 heavy (non-hydrogen) atoms. The van der Waals surface area contributed by atoms with E-state index in [2.05, 4.69) is 61.2 Å². The molecule has 7 heteroatoms. The predicted molar refractivity (Wildman–Crippen MR) is 113 cm³/mol. The topological polar surface area (TPSA) is 76.8 Å². The Hall–Kier alpha value is -2.15. The Morgan fingerprint density at radius 2 is 2.00 bits per heavy atom. The number of nitrogens with one attached hydrogen (secondary N) is 2. The number of carbonyl (C=O) groups is 1. The van der Waals surface area contributed by atoms with Crippen molar-refractivity contribution in [3.8, 4) is 0 Å². The fourth-order valence-corrected chi connectivity index (χ4v) is 4.60. The SMILES string of the molecule is CC(C)(C)n1ncc2c1CCC(CC(C)(C)n1cc3c(n1)CCCNC3)NC2=O. The maximum atomic E-state index is 12.9. The van der Waals surface area contributed by atoms with Crippen LogP contribution < -0.4 is 10.6 Å². The fourth-order valence-electron chi connectivity index (χ4n) is 4.60. The van der Waals surface area contributed by atoms with Crippen LogP contribution in [-0.4, -0.2) is 38.1 Å². The Morgan fingerprint density at radius 1 is 1.21 bits per heavy atom. The molecule has 4 rings (SSSR count). The minimum atomic E-state index is -0.170. The van der Waals surface area contributed by atoms with E-state index in [4.69, 9.17) is 5.10 Å². The number of carbonyl (C=O) groups excluding carboxylic acids is 1. The number of rotatable bonds is 3. The second-order valence-corrected chi connectivity index (χ2v) is 10.1. The van der Waals surface area contributed by atoms with Crippen LogP contribution in [0.3, 0.4) is 0 Å². The van der Waals surface area contributed by atoms with E-state index in [0.29, 0.717) is 0 Å². The maximum Gasteiger partial charge on any atom is 0.254 e. The first-order valence-corrected chi connectivity index (χ1v) is 10.8. The Balaban J connectivity index is 1.51. The predicted octanol–water partition coefficient (Wildman–Crippen LogP) is 2.74. The van der Waals surface area contributed by atoms with Gasteiger partial charge in [0.1, 0.15) is 0 Å². The van der Waals surface area contributed by atoms with Crippen LogP contribution in [0, 0.1) is 0 Å². The minimum Gasteiger partial charge on any atom is -0.349 e. The van der Waals surface area contributed by atoms with Crippen molar-refractivity contribution in [1.29, 1.82) is 0 Å². The Bertz CT molecular complexity index is 878. The van der Waals surface area contributed by atoms with Gasteiger partial charge in [0.15, 0.2) is 0 Å². The van der Waals surface area contributed by atoms with Crippen molar-refractivity contribution in [2.24, 2.45) is 0 Å². The number of fused-ring (bicyclic) bond motifs is 2. The quantitative estimate of drug-likeness (QED) is 0.833. The monoisotopic (exact) mass is 398 g/mol. The number of amides is 1. The average Bonchev–Trinajstić information content (AvgIpc) is 3.14. The van der Waals surface area contributed by atoms with Crippen molar-refractivity contribution in [2.45, 2.75) is 90.4 Å². The van der Waals surface area contributed by atoms with E-state index in [1.165, 1.54) is 11.3 Å². The van der Waals surface area contributed by atoms with Gasteiger partial charge in [-0.05, 0) is 73.3 Å². The summed E-state index contributed by atoms with van der Waals surface area (Å²) in [6, 6.07) is 0.112. The lowest BCUT2D eigenvalue weighted by Crippen LogP contribution is -2.40. The van der Waals surface area contributed by atoms with E-state index in [0.717, 1.165) is 56.5 Å². The molecule has 4 heterocycles. The summed E-state index contributed by atoms with van der Waals surface area (Å²) in [5, 5.41) is 16.1. The molecule has 0 aliphatic carbocycles. The van der Waals surface area contributed by atoms with Gasteiger partial charge < -0.3 is 10.6 Å². The van der Waals surface area contributed by atoms with Crippen LogP contribution in [0.25, 0.3) is 0 Å². The van der Waals surface area contributed by atoms with E-state index >= 15 is 0 Å². The molecule has 0 saturated heterocycles. The highest BCUT2D eigenvalue weighted by Crippen LogP contribution is 2.29. The molecular formula is C22H34N6O. The van der Waals surface area contributed by atoms with E-state index < -0.39 is 0 Å². The van der Waals surface area contributed by atoms with E-state index in [-0.39, 0.29) is 23.0 Å². The highest BCUT2D eigenvalue weighted by Gasteiger charge is 2.33. The molecule has 0 radical (unpaired) electrons. The molecule has 0 bridgehead atoms. The zero-order chi connectivity index (χ0) is 20.8. The molecular weight excluding hydrogens is 364 g/mol. The van der Waals surface area contributed by atoms with Crippen LogP contribution >= 0.6 is 0 Å². The van der Waals surface area contributed by atoms with Gasteiger partial charge in [0.2, 0.25) is 0 Å². The minimum absolute atomic E-state index is 0.00533. The van der Waals surface area contributed by atoms with Gasteiger partial charge in [0, 0.05) is 24.3 Å². The third-order valence-corrected chi connectivity index (χ3v) is 6.14. The van der Waals surface area contributed by atoms with Crippen molar-refractivity contribution in [2.75, 3.05) is 6.54 Å². The molecule has 2 aliphatic heterocycles. The third kappa shape index (κ3) is 3.97. The average molecular weight is 399 g/mol. The first-order chi connectivity index (χ1) is 13.6. The molecule has 0 aromatic carbocycles. The van der Waals surface area contributed by atoms with Crippen LogP contribution in [0.1, 0.15) is 81.2 Å². The molecule has 2 aromatic rings. The first kappa shape index (κ1) is 20.1. The number of hydrogen-bond donors (Lipinski definition) is 2. The summed E-state index contributed by atoms with van der Waals surface area (Å²) in [6.07, 6.45) is 8.69. The fraction of sp³-hybridized carbons (Fsp3) is 0.682. The number of hydrogen-bond acceptors (Lipinski definition) is 4. The summed E-state index contributed by atoms with van der Waals surface area (Å²) < 4.78 is 4.12. The molecule has 158 valence electrons. The Kier molecular flexibility index (Phi) is 5.05. The summed E-state index contributed by atoms with van der Waals surface area (Å²) >= 11 is 0. The number of aromatic nitrogens is 4. The van der Waals surface area contributed by atoms with Gasteiger partial charge in [-0.1, -0.05) is 0 Å². The van der Waals surface area contributed by atoms with Crippen molar-refractivity contribution in [3.05, 3.63) is 34.9 Å². The number of nitrogens with zero attached hydrogens (tertiary/aromatic N) is 4. The van der Waals surface area contributed by atoms with Crippen molar-refractivity contribution >= 4 is 5.91 Å². The molecule has 1 atom stereocenters. The van der Waals surface area contributed by atoms with Crippen LogP contribution in [0.15, 0.2) is 12.4 Å². The van der Waals surface area contributed by atoms with Gasteiger partial charge in [0.25, 0.3) is 5.91 Å². The van der Waals surface area contributed by atoms with Crippen LogP contribution in [0.4, 0.5) is 0 Å². The van der Waals surface area contributed by atoms with Gasteiger partial charge >= 0.3 is 0 Å². The van der Waals surface area contributed by atoms with Crippen molar-refractivity contribution < 1.29 is 4.79 Å². The molecule has 7 nitrogen and oxygen atoms in total. The molecule has 0 fully saturated rings.